The average Bonchev–Trinajstić information content (AvgIpc) is 3.38. The number of hydrogen-bond donors (Lipinski definition) is 2. The third-order valence-electron chi connectivity index (χ3n) is 4.41. The highest BCUT2D eigenvalue weighted by atomic mass is 19.3. The SMILES string of the molecule is Nc1nc(-c2cnccc2C(F)F)cc2cc(NC(=O)[C@@H]3C[C@@H]3F)ncc12. The summed E-state index contributed by atoms with van der Waals surface area (Å²) in [4.78, 5) is 24.0. The van der Waals surface area contributed by atoms with E-state index in [0.29, 0.717) is 10.8 Å². The molecule has 1 aliphatic rings. The van der Waals surface area contributed by atoms with Crippen LogP contribution in [0.4, 0.5) is 24.8 Å². The number of fused-ring (bicyclic) bond motifs is 1. The molecule has 0 aliphatic heterocycles. The van der Waals surface area contributed by atoms with Gasteiger partial charge in [-0.25, -0.2) is 23.1 Å². The van der Waals surface area contributed by atoms with Crippen LogP contribution in [0.2, 0.25) is 0 Å². The van der Waals surface area contributed by atoms with Crippen molar-refractivity contribution in [3.8, 4) is 11.3 Å². The topological polar surface area (TPSA) is 93.8 Å². The molecule has 27 heavy (non-hydrogen) atoms. The van der Waals surface area contributed by atoms with Gasteiger partial charge in [-0.15, -0.1) is 0 Å². The van der Waals surface area contributed by atoms with E-state index in [2.05, 4.69) is 20.3 Å². The minimum Gasteiger partial charge on any atom is -0.383 e. The second kappa shape index (κ2) is 6.49. The summed E-state index contributed by atoms with van der Waals surface area (Å²) in [5.74, 6) is -0.750. The van der Waals surface area contributed by atoms with E-state index in [1.807, 2.05) is 0 Å². The molecule has 3 aromatic heterocycles. The van der Waals surface area contributed by atoms with Crippen LogP contribution in [-0.2, 0) is 4.79 Å². The first-order valence-corrected chi connectivity index (χ1v) is 8.17. The van der Waals surface area contributed by atoms with E-state index in [1.165, 1.54) is 24.7 Å². The number of carbonyl (C=O) groups excluding carboxylic acids is 1. The Morgan fingerprint density at radius 3 is 2.78 bits per heavy atom. The highest BCUT2D eigenvalue weighted by molar-refractivity contribution is 5.98. The molecule has 0 unspecified atom stereocenters. The second-order valence-electron chi connectivity index (χ2n) is 6.29. The molecule has 0 aromatic carbocycles. The highest BCUT2D eigenvalue weighted by Crippen LogP contribution is 2.35. The van der Waals surface area contributed by atoms with E-state index in [0.717, 1.165) is 0 Å². The van der Waals surface area contributed by atoms with Crippen LogP contribution in [0.3, 0.4) is 0 Å². The Labute approximate surface area is 151 Å². The van der Waals surface area contributed by atoms with Crippen LogP contribution in [0.1, 0.15) is 18.4 Å². The van der Waals surface area contributed by atoms with Crippen LogP contribution in [-0.4, -0.2) is 27.0 Å². The molecule has 138 valence electrons. The fourth-order valence-corrected chi connectivity index (χ4v) is 2.84. The Morgan fingerprint density at radius 2 is 2.07 bits per heavy atom. The van der Waals surface area contributed by atoms with Gasteiger partial charge in [0.1, 0.15) is 17.8 Å². The minimum atomic E-state index is -2.69. The van der Waals surface area contributed by atoms with Crippen LogP contribution >= 0.6 is 0 Å². The van der Waals surface area contributed by atoms with Gasteiger partial charge in [0.15, 0.2) is 0 Å². The van der Waals surface area contributed by atoms with Crippen LogP contribution in [0.15, 0.2) is 36.8 Å². The van der Waals surface area contributed by atoms with Crippen molar-refractivity contribution < 1.29 is 18.0 Å². The molecule has 0 bridgehead atoms. The van der Waals surface area contributed by atoms with Gasteiger partial charge in [0.05, 0.1) is 11.6 Å². The zero-order valence-electron chi connectivity index (χ0n) is 13.9. The van der Waals surface area contributed by atoms with Crippen molar-refractivity contribution in [1.82, 2.24) is 15.0 Å². The Hall–Kier alpha value is -3.23. The molecule has 2 atom stereocenters. The lowest BCUT2D eigenvalue weighted by Gasteiger charge is -2.11. The predicted molar refractivity (Wildman–Crippen MR) is 93.8 cm³/mol. The molecule has 0 radical (unpaired) electrons. The van der Waals surface area contributed by atoms with Gasteiger partial charge in [-0.05, 0) is 30.0 Å². The predicted octanol–water partition coefficient (Wildman–Crippen LogP) is 3.51. The highest BCUT2D eigenvalue weighted by Gasteiger charge is 2.43. The molecule has 0 spiro atoms. The quantitative estimate of drug-likeness (QED) is 0.730. The van der Waals surface area contributed by atoms with Crippen molar-refractivity contribution in [1.29, 1.82) is 0 Å². The number of halogens is 3. The standard InChI is InChI=1S/C18H14F3N5O/c19-13-5-10(13)18(27)26-15-4-8-3-14(25-17(22)11(8)7-24-15)12-6-23-2-1-9(12)16(20)21/h1-4,6-7,10,13,16H,5H2,(H2,22,25)(H,24,26,27)/t10-,13+/m1/s1. The number of aromatic nitrogens is 3. The molecule has 9 heteroatoms. The number of nitrogens with zero attached hydrogens (tertiary/aromatic N) is 3. The Bertz CT molecular complexity index is 1040. The van der Waals surface area contributed by atoms with Crippen LogP contribution in [0.5, 0.6) is 0 Å². The van der Waals surface area contributed by atoms with Gasteiger partial charge >= 0.3 is 0 Å². The minimum absolute atomic E-state index is 0.114. The summed E-state index contributed by atoms with van der Waals surface area (Å²) in [6.07, 6.45) is 0.402. The first kappa shape index (κ1) is 17.2. The maximum atomic E-state index is 13.3. The normalized spacial score (nSPS) is 18.7. The molecule has 1 amide bonds. The number of pyridine rings is 3. The third kappa shape index (κ3) is 3.27. The smallest absolute Gasteiger partial charge is 0.264 e. The summed E-state index contributed by atoms with van der Waals surface area (Å²) < 4.78 is 39.6. The van der Waals surface area contributed by atoms with E-state index < -0.39 is 24.4 Å². The molecule has 6 nitrogen and oxygen atoms in total. The number of nitrogen functional groups attached to an aromatic ring is 1. The van der Waals surface area contributed by atoms with Crippen molar-refractivity contribution in [2.75, 3.05) is 11.1 Å². The van der Waals surface area contributed by atoms with Crippen molar-refractivity contribution in [2.45, 2.75) is 19.0 Å². The van der Waals surface area contributed by atoms with Crippen molar-refractivity contribution in [3.05, 3.63) is 42.4 Å². The van der Waals surface area contributed by atoms with E-state index >= 15 is 0 Å². The lowest BCUT2D eigenvalue weighted by Crippen LogP contribution is -2.15. The lowest BCUT2D eigenvalue weighted by molar-refractivity contribution is -0.117. The summed E-state index contributed by atoms with van der Waals surface area (Å²) in [7, 11) is 0. The van der Waals surface area contributed by atoms with Gasteiger partial charge in [0.2, 0.25) is 5.91 Å². The number of alkyl halides is 3. The van der Waals surface area contributed by atoms with E-state index in [4.69, 9.17) is 5.73 Å². The summed E-state index contributed by atoms with van der Waals surface area (Å²) in [6.45, 7) is 0. The van der Waals surface area contributed by atoms with Crippen LogP contribution in [0.25, 0.3) is 22.0 Å². The lowest BCUT2D eigenvalue weighted by atomic mass is 10.0. The fourth-order valence-electron chi connectivity index (χ4n) is 2.84. The maximum Gasteiger partial charge on any atom is 0.264 e. The first-order valence-electron chi connectivity index (χ1n) is 8.17. The summed E-state index contributed by atoms with van der Waals surface area (Å²) >= 11 is 0. The molecule has 1 fully saturated rings. The molecule has 4 rings (SSSR count). The average molecular weight is 373 g/mol. The Morgan fingerprint density at radius 1 is 1.30 bits per heavy atom. The van der Waals surface area contributed by atoms with Gasteiger partial charge < -0.3 is 11.1 Å². The number of nitrogens with one attached hydrogen (secondary N) is 1. The summed E-state index contributed by atoms with van der Waals surface area (Å²) in [5.41, 5.74) is 6.15. The van der Waals surface area contributed by atoms with E-state index in [-0.39, 0.29) is 34.9 Å². The van der Waals surface area contributed by atoms with Gasteiger partial charge in [0, 0.05) is 35.1 Å². The van der Waals surface area contributed by atoms with E-state index in [1.54, 1.807) is 12.1 Å². The van der Waals surface area contributed by atoms with Gasteiger partial charge in [-0.2, -0.15) is 0 Å². The summed E-state index contributed by atoms with van der Waals surface area (Å²) in [6, 6.07) is 4.34. The van der Waals surface area contributed by atoms with Crippen LogP contribution < -0.4 is 11.1 Å². The summed E-state index contributed by atoms with van der Waals surface area (Å²) in [5, 5.41) is 3.61. The largest absolute Gasteiger partial charge is 0.383 e. The molecule has 3 aromatic rings. The van der Waals surface area contributed by atoms with Gasteiger partial charge in [-0.1, -0.05) is 0 Å². The number of nitrogens with two attached hydrogens (primary N) is 1. The zero-order valence-corrected chi connectivity index (χ0v) is 13.9. The molecule has 1 saturated carbocycles. The molecule has 0 saturated heterocycles. The Kier molecular flexibility index (Phi) is 4.14. The molecular formula is C18H14F3N5O. The monoisotopic (exact) mass is 373 g/mol. The molecule has 3 N–H and O–H groups in total. The molecule has 1 aliphatic carbocycles. The van der Waals surface area contributed by atoms with Gasteiger partial charge in [-0.3, -0.25) is 9.78 Å². The third-order valence-corrected chi connectivity index (χ3v) is 4.41. The van der Waals surface area contributed by atoms with Crippen LogP contribution in [0, 0.1) is 5.92 Å². The number of amides is 1. The molecular weight excluding hydrogens is 359 g/mol. The number of anilines is 2. The van der Waals surface area contributed by atoms with Crippen molar-refractivity contribution >= 4 is 28.3 Å². The fraction of sp³-hybridized carbons (Fsp3) is 0.222. The maximum absolute atomic E-state index is 13.3. The number of carbonyl (C=O) groups is 1. The van der Waals surface area contributed by atoms with E-state index in [9.17, 15) is 18.0 Å². The number of hydrogen-bond acceptors (Lipinski definition) is 5. The first-order chi connectivity index (χ1) is 12.9. The Balaban J connectivity index is 1.74. The van der Waals surface area contributed by atoms with Crippen molar-refractivity contribution in [2.24, 2.45) is 5.92 Å². The number of rotatable bonds is 4. The molecule has 3 heterocycles. The van der Waals surface area contributed by atoms with Crippen molar-refractivity contribution in [3.63, 3.8) is 0 Å². The second-order valence-corrected chi connectivity index (χ2v) is 6.29. The van der Waals surface area contributed by atoms with Gasteiger partial charge in [0.25, 0.3) is 6.43 Å². The zero-order chi connectivity index (χ0) is 19.1.